The van der Waals surface area contributed by atoms with Crippen LogP contribution >= 0.6 is 23.5 Å². The largest absolute Gasteiger partial charge is 0.311 e. The van der Waals surface area contributed by atoms with Gasteiger partial charge in [-0.2, -0.15) is 5.26 Å². The molecule has 4 nitrogen and oxygen atoms in total. The van der Waals surface area contributed by atoms with E-state index in [0.29, 0.717) is 11.4 Å². The molecule has 90 valence electrons. The monoisotopic (exact) mass is 274 g/mol. The third-order valence-corrected chi connectivity index (χ3v) is 5.43. The number of nitrogens with zero attached hydrogens (tertiary/aromatic N) is 4. The minimum absolute atomic E-state index is 0.669. The quantitative estimate of drug-likeness (QED) is 0.748. The third-order valence-electron chi connectivity index (χ3n) is 2.72. The number of allylic oxidation sites excluding steroid dienone is 1. The van der Waals surface area contributed by atoms with Crippen LogP contribution in [0.15, 0.2) is 22.6 Å². The van der Waals surface area contributed by atoms with Gasteiger partial charge in [0.25, 0.3) is 0 Å². The first-order valence-electron chi connectivity index (χ1n) is 5.49. The molecule has 1 saturated heterocycles. The fourth-order valence-electron chi connectivity index (χ4n) is 1.89. The maximum absolute atomic E-state index is 9.38. The molecule has 6 heteroatoms. The van der Waals surface area contributed by atoms with Gasteiger partial charge in [0.05, 0.1) is 4.24 Å². The zero-order chi connectivity index (χ0) is 12.5. The fourth-order valence-corrected chi connectivity index (χ4v) is 4.32. The highest BCUT2D eigenvalue weighted by Crippen LogP contribution is 2.41. The molecular weight excluding hydrogens is 264 g/mol. The van der Waals surface area contributed by atoms with Crippen LogP contribution in [-0.2, 0) is 7.05 Å². The number of thioether (sulfide) groups is 2. The van der Waals surface area contributed by atoms with E-state index in [-0.39, 0.29) is 0 Å². The van der Waals surface area contributed by atoms with E-state index in [0.717, 1.165) is 26.9 Å². The van der Waals surface area contributed by atoms with Gasteiger partial charge in [0.2, 0.25) is 0 Å². The second-order valence-electron chi connectivity index (χ2n) is 3.81. The summed E-state index contributed by atoms with van der Waals surface area (Å²) in [6.45, 7) is 0. The van der Waals surface area contributed by atoms with Gasteiger partial charge in [-0.3, -0.25) is 0 Å². The standard InChI is InChI=1S/C12H10N4S2/c1-16-10(8(7-13)12-17-5-6-18-12)15-9-3-2-4-14-11(9)16/h2-4H,5-6H2,1H3. The van der Waals surface area contributed by atoms with Crippen LogP contribution in [0.4, 0.5) is 0 Å². The van der Waals surface area contributed by atoms with E-state index in [9.17, 15) is 5.26 Å². The number of aryl methyl sites for hydroxylation is 1. The highest BCUT2D eigenvalue weighted by Gasteiger charge is 2.20. The van der Waals surface area contributed by atoms with E-state index < -0.39 is 0 Å². The molecule has 0 bridgehead atoms. The minimum Gasteiger partial charge on any atom is -0.311 e. The zero-order valence-electron chi connectivity index (χ0n) is 9.75. The molecule has 2 aromatic heterocycles. The Morgan fingerprint density at radius 2 is 2.22 bits per heavy atom. The van der Waals surface area contributed by atoms with E-state index in [4.69, 9.17) is 0 Å². The van der Waals surface area contributed by atoms with Crippen molar-refractivity contribution in [3.05, 3.63) is 28.4 Å². The zero-order valence-corrected chi connectivity index (χ0v) is 11.4. The van der Waals surface area contributed by atoms with Crippen LogP contribution in [-0.4, -0.2) is 26.0 Å². The van der Waals surface area contributed by atoms with E-state index in [2.05, 4.69) is 16.0 Å². The molecule has 1 aliphatic rings. The van der Waals surface area contributed by atoms with Crippen LogP contribution in [0.1, 0.15) is 5.82 Å². The molecule has 0 spiro atoms. The lowest BCUT2D eigenvalue weighted by Crippen LogP contribution is -1.97. The molecule has 0 aromatic carbocycles. The average molecular weight is 274 g/mol. The number of rotatable bonds is 1. The Bertz CT molecular complexity index is 673. The number of hydrogen-bond acceptors (Lipinski definition) is 5. The van der Waals surface area contributed by atoms with Crippen LogP contribution in [0.5, 0.6) is 0 Å². The van der Waals surface area contributed by atoms with Gasteiger partial charge in [0.1, 0.15) is 17.2 Å². The van der Waals surface area contributed by atoms with Gasteiger partial charge in [0.15, 0.2) is 11.5 Å². The Balaban J connectivity index is 2.22. The Labute approximate surface area is 113 Å². The van der Waals surface area contributed by atoms with Gasteiger partial charge >= 0.3 is 0 Å². The van der Waals surface area contributed by atoms with Crippen molar-refractivity contribution in [3.63, 3.8) is 0 Å². The van der Waals surface area contributed by atoms with Crippen molar-refractivity contribution in [3.8, 4) is 6.07 Å². The highest BCUT2D eigenvalue weighted by molar-refractivity contribution is 8.25. The first-order chi connectivity index (χ1) is 8.81. The second-order valence-corrected chi connectivity index (χ2v) is 6.28. The summed E-state index contributed by atoms with van der Waals surface area (Å²) in [6, 6.07) is 6.06. The van der Waals surface area contributed by atoms with Crippen molar-refractivity contribution in [2.24, 2.45) is 7.05 Å². The van der Waals surface area contributed by atoms with Crippen molar-refractivity contribution in [2.45, 2.75) is 0 Å². The SMILES string of the molecule is Cn1c(C(C#N)=C2SCCS2)nc2cccnc21. The number of pyridine rings is 1. The van der Waals surface area contributed by atoms with E-state index in [1.54, 1.807) is 29.7 Å². The molecule has 0 unspecified atom stereocenters. The molecule has 3 heterocycles. The van der Waals surface area contributed by atoms with E-state index in [1.807, 2.05) is 23.7 Å². The summed E-state index contributed by atoms with van der Waals surface area (Å²) in [7, 11) is 1.90. The van der Waals surface area contributed by atoms with Crippen molar-refractivity contribution in [1.82, 2.24) is 14.5 Å². The molecule has 0 amide bonds. The summed E-state index contributed by atoms with van der Waals surface area (Å²) in [5.41, 5.74) is 2.31. The van der Waals surface area contributed by atoms with Crippen LogP contribution in [0.2, 0.25) is 0 Å². The van der Waals surface area contributed by atoms with E-state index >= 15 is 0 Å². The van der Waals surface area contributed by atoms with Crippen molar-refractivity contribution in [2.75, 3.05) is 11.5 Å². The lowest BCUT2D eigenvalue weighted by atomic mass is 10.3. The van der Waals surface area contributed by atoms with Crippen molar-refractivity contribution in [1.29, 1.82) is 5.26 Å². The first kappa shape index (κ1) is 11.6. The maximum Gasteiger partial charge on any atom is 0.160 e. The summed E-state index contributed by atoms with van der Waals surface area (Å²) in [5.74, 6) is 2.84. The van der Waals surface area contributed by atoms with Crippen molar-refractivity contribution < 1.29 is 0 Å². The maximum atomic E-state index is 9.38. The van der Waals surface area contributed by atoms with Gasteiger partial charge in [0, 0.05) is 24.8 Å². The van der Waals surface area contributed by atoms with Crippen LogP contribution < -0.4 is 0 Å². The minimum atomic E-state index is 0.669. The Morgan fingerprint density at radius 1 is 1.44 bits per heavy atom. The number of fused-ring (bicyclic) bond motifs is 1. The molecule has 3 rings (SSSR count). The second kappa shape index (κ2) is 4.67. The van der Waals surface area contributed by atoms with Gasteiger partial charge in [-0.15, -0.1) is 23.5 Å². The molecule has 0 atom stereocenters. The molecule has 0 N–H and O–H groups in total. The van der Waals surface area contributed by atoms with Gasteiger partial charge in [-0.05, 0) is 12.1 Å². The van der Waals surface area contributed by atoms with Crippen LogP contribution in [0.3, 0.4) is 0 Å². The Hall–Kier alpha value is -1.45. The first-order valence-corrected chi connectivity index (χ1v) is 7.46. The molecule has 2 aromatic rings. The fraction of sp³-hybridized carbons (Fsp3) is 0.250. The van der Waals surface area contributed by atoms with E-state index in [1.165, 1.54) is 0 Å². The third kappa shape index (κ3) is 1.80. The van der Waals surface area contributed by atoms with Gasteiger partial charge in [-0.1, -0.05) is 0 Å². The lowest BCUT2D eigenvalue weighted by Gasteiger charge is -2.02. The molecule has 0 aliphatic carbocycles. The summed E-state index contributed by atoms with van der Waals surface area (Å²) < 4.78 is 2.97. The normalized spacial score (nSPS) is 15.0. The average Bonchev–Trinajstić information content (AvgIpc) is 3.01. The number of hydrogen-bond donors (Lipinski definition) is 0. The Morgan fingerprint density at radius 3 is 2.89 bits per heavy atom. The van der Waals surface area contributed by atoms with Crippen LogP contribution in [0.25, 0.3) is 16.7 Å². The summed E-state index contributed by atoms with van der Waals surface area (Å²) in [6.07, 6.45) is 1.74. The summed E-state index contributed by atoms with van der Waals surface area (Å²) >= 11 is 3.47. The van der Waals surface area contributed by atoms with Gasteiger partial charge in [-0.25, -0.2) is 9.97 Å². The predicted molar refractivity (Wildman–Crippen MR) is 76.0 cm³/mol. The Kier molecular flexibility index (Phi) is 3.02. The molecule has 1 aliphatic heterocycles. The topological polar surface area (TPSA) is 54.5 Å². The lowest BCUT2D eigenvalue weighted by molar-refractivity contribution is 0.910. The molecule has 0 saturated carbocycles. The molecular formula is C12H10N4S2. The molecule has 18 heavy (non-hydrogen) atoms. The number of nitriles is 1. The van der Waals surface area contributed by atoms with Crippen LogP contribution in [0, 0.1) is 11.3 Å². The number of imidazole rings is 1. The highest BCUT2D eigenvalue weighted by atomic mass is 32.2. The summed E-state index contributed by atoms with van der Waals surface area (Å²) in [5, 5.41) is 9.38. The summed E-state index contributed by atoms with van der Waals surface area (Å²) in [4.78, 5) is 8.82. The number of aromatic nitrogens is 3. The van der Waals surface area contributed by atoms with Crippen molar-refractivity contribution >= 4 is 40.3 Å². The molecule has 1 fully saturated rings. The van der Waals surface area contributed by atoms with Gasteiger partial charge < -0.3 is 4.57 Å². The molecule has 0 radical (unpaired) electrons. The smallest absolute Gasteiger partial charge is 0.160 e. The predicted octanol–water partition coefficient (Wildman–Crippen LogP) is 2.64.